The Kier molecular flexibility index (Phi) is 5.56. The van der Waals surface area contributed by atoms with Crippen molar-refractivity contribution in [1.29, 1.82) is 0 Å². The topological polar surface area (TPSA) is 69.3 Å². The molecular formula is C26H22N4O2S. The molecule has 0 saturated carbocycles. The van der Waals surface area contributed by atoms with Gasteiger partial charge in [-0.25, -0.2) is 0 Å². The maximum Gasteiger partial charge on any atom is 0.263 e. The van der Waals surface area contributed by atoms with Crippen LogP contribution >= 0.6 is 11.8 Å². The Morgan fingerprint density at radius 3 is 2.39 bits per heavy atom. The van der Waals surface area contributed by atoms with Crippen LogP contribution in [0.25, 0.3) is 16.7 Å². The van der Waals surface area contributed by atoms with E-state index in [9.17, 15) is 9.59 Å². The van der Waals surface area contributed by atoms with E-state index in [2.05, 4.69) is 10.2 Å². The van der Waals surface area contributed by atoms with Crippen LogP contribution in [0.3, 0.4) is 0 Å². The number of nitrogens with zero attached hydrogens (tertiary/aromatic N) is 4. The number of hydrogen-bond acceptors (Lipinski definition) is 5. The molecule has 0 radical (unpaired) electrons. The molecule has 0 N–H and O–H groups in total. The minimum Gasteiger partial charge on any atom is -0.293 e. The van der Waals surface area contributed by atoms with Crippen molar-refractivity contribution in [3.63, 3.8) is 0 Å². The number of ketones is 1. The Bertz CT molecular complexity index is 1520. The molecule has 2 aromatic heterocycles. The van der Waals surface area contributed by atoms with Gasteiger partial charge in [0.2, 0.25) is 5.78 Å². The van der Waals surface area contributed by atoms with Crippen molar-refractivity contribution in [2.24, 2.45) is 0 Å². The molecule has 0 spiro atoms. The molecule has 6 nitrogen and oxygen atoms in total. The third-order valence-corrected chi connectivity index (χ3v) is 6.69. The van der Waals surface area contributed by atoms with Gasteiger partial charge in [-0.2, -0.15) is 0 Å². The second kappa shape index (κ2) is 8.67. The van der Waals surface area contributed by atoms with Gasteiger partial charge in [-0.3, -0.25) is 18.6 Å². The lowest BCUT2D eigenvalue weighted by Gasteiger charge is -2.13. The Hall–Kier alpha value is -3.71. The Morgan fingerprint density at radius 2 is 1.64 bits per heavy atom. The molecule has 5 rings (SSSR count). The fourth-order valence-electron chi connectivity index (χ4n) is 3.88. The molecule has 0 fully saturated rings. The van der Waals surface area contributed by atoms with Crippen LogP contribution in [-0.2, 0) is 6.54 Å². The standard InChI is InChI=1S/C26H22N4O2S/c1-17-12-14-20(15-13-17)23(31)18(2)33-26-28-27-25-29(16-19-8-4-3-5-9-19)24(32)21-10-6-7-11-22(21)30(25)26/h3-15,18H,16H2,1-2H3. The molecule has 1 unspecified atom stereocenters. The number of benzene rings is 3. The van der Waals surface area contributed by atoms with Crippen molar-refractivity contribution in [2.75, 3.05) is 0 Å². The van der Waals surface area contributed by atoms with Gasteiger partial charge in [-0.15, -0.1) is 10.2 Å². The summed E-state index contributed by atoms with van der Waals surface area (Å²) in [6.45, 7) is 4.25. The number of carbonyl (C=O) groups is 1. The summed E-state index contributed by atoms with van der Waals surface area (Å²) >= 11 is 1.35. The molecule has 2 heterocycles. The van der Waals surface area contributed by atoms with Crippen LogP contribution in [0.1, 0.15) is 28.4 Å². The van der Waals surface area contributed by atoms with Crippen LogP contribution in [-0.4, -0.2) is 30.2 Å². The van der Waals surface area contributed by atoms with E-state index in [1.54, 1.807) is 4.57 Å². The Balaban J connectivity index is 1.60. The number of hydrogen-bond donors (Lipinski definition) is 0. The van der Waals surface area contributed by atoms with Gasteiger partial charge >= 0.3 is 0 Å². The van der Waals surface area contributed by atoms with Crippen LogP contribution in [0.15, 0.2) is 88.8 Å². The number of Topliss-reactive ketones (excluding diaryl/α,β-unsaturated/α-hetero) is 1. The van der Waals surface area contributed by atoms with E-state index in [0.717, 1.165) is 16.6 Å². The molecule has 3 aromatic carbocycles. The van der Waals surface area contributed by atoms with Crippen LogP contribution in [0.5, 0.6) is 0 Å². The lowest BCUT2D eigenvalue weighted by molar-refractivity contribution is 0.0994. The molecule has 5 aromatic rings. The predicted molar refractivity (Wildman–Crippen MR) is 131 cm³/mol. The molecule has 33 heavy (non-hydrogen) atoms. The van der Waals surface area contributed by atoms with Crippen molar-refractivity contribution in [3.8, 4) is 0 Å². The summed E-state index contributed by atoms with van der Waals surface area (Å²) in [7, 11) is 0. The van der Waals surface area contributed by atoms with Crippen LogP contribution in [0.4, 0.5) is 0 Å². The number of para-hydroxylation sites is 1. The summed E-state index contributed by atoms with van der Waals surface area (Å²) in [6.07, 6.45) is 0. The van der Waals surface area contributed by atoms with E-state index in [-0.39, 0.29) is 16.6 Å². The minimum absolute atomic E-state index is 0.0265. The summed E-state index contributed by atoms with van der Waals surface area (Å²) in [4.78, 5) is 26.3. The van der Waals surface area contributed by atoms with E-state index in [0.29, 0.717) is 28.4 Å². The molecule has 1 atom stereocenters. The number of fused-ring (bicyclic) bond motifs is 3. The highest BCUT2D eigenvalue weighted by Gasteiger charge is 2.22. The fraction of sp³-hybridized carbons (Fsp3) is 0.154. The SMILES string of the molecule is Cc1ccc(C(=O)C(C)Sc2nnc3n(Cc4ccccc4)c(=O)c4ccccc4n23)cc1. The van der Waals surface area contributed by atoms with Gasteiger partial charge < -0.3 is 0 Å². The maximum atomic E-state index is 13.3. The largest absolute Gasteiger partial charge is 0.293 e. The maximum absolute atomic E-state index is 13.3. The highest BCUT2D eigenvalue weighted by atomic mass is 32.2. The molecular weight excluding hydrogens is 432 g/mol. The van der Waals surface area contributed by atoms with Gasteiger partial charge in [-0.1, -0.05) is 84.1 Å². The number of aromatic nitrogens is 4. The van der Waals surface area contributed by atoms with Crippen LogP contribution < -0.4 is 5.56 Å². The first-order chi connectivity index (χ1) is 16.0. The number of rotatable bonds is 6. The molecule has 0 aliphatic rings. The van der Waals surface area contributed by atoms with Gasteiger partial charge in [0, 0.05) is 5.56 Å². The normalized spacial score (nSPS) is 12.3. The van der Waals surface area contributed by atoms with Gasteiger partial charge in [0.15, 0.2) is 10.9 Å². The van der Waals surface area contributed by atoms with E-state index < -0.39 is 0 Å². The Morgan fingerprint density at radius 1 is 0.939 bits per heavy atom. The zero-order valence-electron chi connectivity index (χ0n) is 18.3. The molecule has 164 valence electrons. The van der Waals surface area contributed by atoms with Crippen molar-refractivity contribution >= 4 is 34.2 Å². The zero-order chi connectivity index (χ0) is 22.9. The lowest BCUT2D eigenvalue weighted by atomic mass is 10.1. The third kappa shape index (κ3) is 3.96. The quantitative estimate of drug-likeness (QED) is 0.273. The van der Waals surface area contributed by atoms with E-state index >= 15 is 0 Å². The van der Waals surface area contributed by atoms with E-state index in [1.807, 2.05) is 97.1 Å². The highest BCUT2D eigenvalue weighted by Crippen LogP contribution is 2.27. The van der Waals surface area contributed by atoms with Crippen molar-refractivity contribution in [3.05, 3.63) is 106 Å². The van der Waals surface area contributed by atoms with E-state index in [4.69, 9.17) is 0 Å². The van der Waals surface area contributed by atoms with Crippen LogP contribution in [0.2, 0.25) is 0 Å². The Labute approximate surface area is 194 Å². The van der Waals surface area contributed by atoms with Crippen molar-refractivity contribution in [1.82, 2.24) is 19.2 Å². The summed E-state index contributed by atoms with van der Waals surface area (Å²) in [5.74, 6) is 0.485. The average Bonchev–Trinajstić information content (AvgIpc) is 3.26. The average molecular weight is 455 g/mol. The summed E-state index contributed by atoms with van der Waals surface area (Å²) in [6, 6.07) is 24.8. The fourth-order valence-corrected chi connectivity index (χ4v) is 4.82. The molecule has 0 saturated heterocycles. The van der Waals surface area contributed by atoms with Gasteiger partial charge in [-0.05, 0) is 31.5 Å². The second-order valence-electron chi connectivity index (χ2n) is 8.00. The molecule has 0 aliphatic heterocycles. The first-order valence-electron chi connectivity index (χ1n) is 10.7. The third-order valence-electron chi connectivity index (χ3n) is 5.65. The van der Waals surface area contributed by atoms with Gasteiger partial charge in [0.05, 0.1) is 22.7 Å². The number of thioether (sulfide) groups is 1. The highest BCUT2D eigenvalue weighted by molar-refractivity contribution is 8.00. The molecule has 0 aliphatic carbocycles. The van der Waals surface area contributed by atoms with Gasteiger partial charge in [0.1, 0.15) is 0 Å². The summed E-state index contributed by atoms with van der Waals surface area (Å²) in [5, 5.41) is 9.55. The molecule has 0 amide bonds. The summed E-state index contributed by atoms with van der Waals surface area (Å²) < 4.78 is 3.52. The first kappa shape index (κ1) is 21.2. The smallest absolute Gasteiger partial charge is 0.263 e. The second-order valence-corrected chi connectivity index (χ2v) is 9.31. The van der Waals surface area contributed by atoms with Crippen molar-refractivity contribution < 1.29 is 4.79 Å². The monoisotopic (exact) mass is 454 g/mol. The summed E-state index contributed by atoms with van der Waals surface area (Å²) in [5.41, 5.74) is 3.38. The predicted octanol–water partition coefficient (Wildman–Crippen LogP) is 4.76. The molecule has 7 heteroatoms. The number of carbonyl (C=O) groups excluding carboxylic acids is 1. The zero-order valence-corrected chi connectivity index (χ0v) is 19.1. The lowest BCUT2D eigenvalue weighted by Crippen LogP contribution is -2.24. The van der Waals surface area contributed by atoms with Crippen LogP contribution in [0, 0.1) is 6.92 Å². The van der Waals surface area contributed by atoms with Crippen molar-refractivity contribution in [2.45, 2.75) is 30.8 Å². The first-order valence-corrected chi connectivity index (χ1v) is 11.6. The van der Waals surface area contributed by atoms with Gasteiger partial charge in [0.25, 0.3) is 5.56 Å². The minimum atomic E-state index is -0.367. The number of aryl methyl sites for hydroxylation is 1. The van der Waals surface area contributed by atoms with E-state index in [1.165, 1.54) is 11.8 Å². The molecule has 0 bridgehead atoms.